The summed E-state index contributed by atoms with van der Waals surface area (Å²) in [4.78, 5) is 14.7. The van der Waals surface area contributed by atoms with Crippen LogP contribution in [0.4, 0.5) is 0 Å². The van der Waals surface area contributed by atoms with Crippen molar-refractivity contribution < 1.29 is 0 Å². The highest BCUT2D eigenvalue weighted by Gasteiger charge is 2.34. The first-order valence-corrected chi connectivity index (χ1v) is 7.90. The van der Waals surface area contributed by atoms with Crippen LogP contribution in [0.3, 0.4) is 0 Å². The Bertz CT molecular complexity index is 591. The second-order valence-corrected chi connectivity index (χ2v) is 7.11. The number of aromatic nitrogens is 3. The topological polar surface area (TPSA) is 50.7 Å². The zero-order chi connectivity index (χ0) is 14.2. The van der Waals surface area contributed by atoms with E-state index in [1.807, 2.05) is 0 Å². The van der Waals surface area contributed by atoms with Gasteiger partial charge >= 0.3 is 0 Å². The van der Waals surface area contributed by atoms with Crippen LogP contribution in [-0.2, 0) is 6.42 Å². The van der Waals surface area contributed by atoms with Gasteiger partial charge in [-0.2, -0.15) is 0 Å². The molecule has 1 atom stereocenters. The molecule has 0 amide bonds. The molecule has 2 aromatic heterocycles. The molecule has 1 aliphatic carbocycles. The van der Waals surface area contributed by atoms with Crippen LogP contribution < -0.4 is 5.32 Å². The summed E-state index contributed by atoms with van der Waals surface area (Å²) in [5.41, 5.74) is 2.41. The molecule has 0 radical (unpaired) electrons. The molecule has 1 unspecified atom stereocenters. The summed E-state index contributed by atoms with van der Waals surface area (Å²) in [6.45, 7) is 7.79. The molecule has 4 nitrogen and oxygen atoms in total. The Hall–Kier alpha value is -1.33. The maximum atomic E-state index is 4.83. The average molecular weight is 288 g/mol. The highest BCUT2D eigenvalue weighted by Crippen LogP contribution is 2.44. The molecule has 0 bridgehead atoms. The van der Waals surface area contributed by atoms with Gasteiger partial charge in [0.15, 0.2) is 0 Å². The van der Waals surface area contributed by atoms with Crippen molar-refractivity contribution in [3.8, 4) is 10.7 Å². The van der Waals surface area contributed by atoms with Gasteiger partial charge in [0.2, 0.25) is 0 Å². The minimum absolute atomic E-state index is 0.299. The van der Waals surface area contributed by atoms with E-state index >= 15 is 0 Å². The molecule has 0 aliphatic heterocycles. The Morgan fingerprint density at radius 1 is 1.40 bits per heavy atom. The minimum Gasteiger partial charge on any atom is -0.309 e. The summed E-state index contributed by atoms with van der Waals surface area (Å²) in [7, 11) is 0. The van der Waals surface area contributed by atoms with Crippen LogP contribution in [-0.4, -0.2) is 21.5 Å². The molecule has 0 saturated carbocycles. The third kappa shape index (κ3) is 2.60. The van der Waals surface area contributed by atoms with E-state index < -0.39 is 0 Å². The number of nitrogens with one attached hydrogen (secondary N) is 1. The van der Waals surface area contributed by atoms with Crippen molar-refractivity contribution in [1.82, 2.24) is 20.3 Å². The van der Waals surface area contributed by atoms with Gasteiger partial charge in [0, 0.05) is 23.3 Å². The molecular weight excluding hydrogens is 268 g/mol. The first-order valence-electron chi connectivity index (χ1n) is 7.08. The van der Waals surface area contributed by atoms with Gasteiger partial charge in [0.25, 0.3) is 0 Å². The predicted molar refractivity (Wildman–Crippen MR) is 81.7 cm³/mol. The predicted octanol–water partition coefficient (Wildman–Crippen LogP) is 3.22. The molecule has 0 spiro atoms. The quantitative estimate of drug-likeness (QED) is 0.942. The zero-order valence-electron chi connectivity index (χ0n) is 12.2. The number of nitrogens with zero attached hydrogens (tertiary/aromatic N) is 3. The smallest absolute Gasteiger partial charge is 0.144 e. The van der Waals surface area contributed by atoms with Crippen molar-refractivity contribution in [3.63, 3.8) is 0 Å². The van der Waals surface area contributed by atoms with Crippen LogP contribution in [0, 0.1) is 5.41 Å². The SMILES string of the molecule is CCNC1CC(C)(C)Cc2nc(-c3cnccn3)sc21. The lowest BCUT2D eigenvalue weighted by atomic mass is 9.76. The van der Waals surface area contributed by atoms with Gasteiger partial charge in [-0.15, -0.1) is 11.3 Å². The molecule has 0 saturated heterocycles. The molecule has 20 heavy (non-hydrogen) atoms. The Balaban J connectivity index is 2.00. The van der Waals surface area contributed by atoms with Crippen molar-refractivity contribution in [1.29, 1.82) is 0 Å². The number of rotatable bonds is 3. The molecule has 0 aromatic carbocycles. The van der Waals surface area contributed by atoms with E-state index in [1.54, 1.807) is 29.9 Å². The number of fused-ring (bicyclic) bond motifs is 1. The Labute approximate surface area is 123 Å². The largest absolute Gasteiger partial charge is 0.309 e. The Morgan fingerprint density at radius 3 is 2.95 bits per heavy atom. The molecule has 1 aliphatic rings. The molecule has 0 fully saturated rings. The van der Waals surface area contributed by atoms with Crippen LogP contribution in [0.5, 0.6) is 0 Å². The summed E-state index contributed by atoms with van der Waals surface area (Å²) in [6, 6.07) is 0.418. The fourth-order valence-electron chi connectivity index (χ4n) is 2.86. The average Bonchev–Trinajstić information content (AvgIpc) is 2.82. The number of hydrogen-bond acceptors (Lipinski definition) is 5. The first kappa shape index (κ1) is 13.6. The number of thiazole rings is 1. The Morgan fingerprint density at radius 2 is 2.25 bits per heavy atom. The second kappa shape index (κ2) is 5.22. The van der Waals surface area contributed by atoms with Gasteiger partial charge in [-0.3, -0.25) is 9.97 Å². The van der Waals surface area contributed by atoms with Gasteiger partial charge in [0.05, 0.1) is 11.9 Å². The molecule has 3 rings (SSSR count). The van der Waals surface area contributed by atoms with Gasteiger partial charge in [-0.05, 0) is 24.8 Å². The molecule has 2 aromatic rings. The third-order valence-corrected chi connectivity index (χ3v) is 4.91. The van der Waals surface area contributed by atoms with Crippen LogP contribution in [0.25, 0.3) is 10.7 Å². The lowest BCUT2D eigenvalue weighted by Crippen LogP contribution is -2.32. The van der Waals surface area contributed by atoms with E-state index in [4.69, 9.17) is 4.98 Å². The molecular formula is C15H20N4S. The van der Waals surface area contributed by atoms with Crippen molar-refractivity contribution >= 4 is 11.3 Å². The van der Waals surface area contributed by atoms with E-state index in [0.29, 0.717) is 11.5 Å². The molecule has 5 heteroatoms. The monoisotopic (exact) mass is 288 g/mol. The summed E-state index contributed by atoms with van der Waals surface area (Å²) in [5, 5.41) is 4.58. The normalized spacial score (nSPS) is 20.6. The third-order valence-electron chi connectivity index (χ3n) is 3.68. The fraction of sp³-hybridized carbons (Fsp3) is 0.533. The van der Waals surface area contributed by atoms with Gasteiger partial charge in [-0.25, -0.2) is 4.98 Å². The highest BCUT2D eigenvalue weighted by atomic mass is 32.1. The minimum atomic E-state index is 0.299. The lowest BCUT2D eigenvalue weighted by Gasteiger charge is -2.34. The summed E-state index contributed by atoms with van der Waals surface area (Å²) >= 11 is 1.76. The van der Waals surface area contributed by atoms with Crippen LogP contribution in [0.1, 0.15) is 43.8 Å². The molecule has 2 heterocycles. The summed E-state index contributed by atoms with van der Waals surface area (Å²) in [5.74, 6) is 0. The highest BCUT2D eigenvalue weighted by molar-refractivity contribution is 7.15. The maximum absolute atomic E-state index is 4.83. The van der Waals surface area contributed by atoms with E-state index in [1.165, 1.54) is 10.6 Å². The summed E-state index contributed by atoms with van der Waals surface area (Å²) in [6.07, 6.45) is 7.41. The zero-order valence-corrected chi connectivity index (χ0v) is 13.0. The van der Waals surface area contributed by atoms with Gasteiger partial charge < -0.3 is 5.32 Å². The van der Waals surface area contributed by atoms with E-state index in [9.17, 15) is 0 Å². The Kier molecular flexibility index (Phi) is 3.56. The molecule has 106 valence electrons. The van der Waals surface area contributed by atoms with E-state index in [2.05, 4.69) is 36.1 Å². The van der Waals surface area contributed by atoms with Crippen molar-refractivity contribution in [2.75, 3.05) is 6.54 Å². The second-order valence-electron chi connectivity index (χ2n) is 6.08. The van der Waals surface area contributed by atoms with Crippen LogP contribution in [0.2, 0.25) is 0 Å². The lowest BCUT2D eigenvalue weighted by molar-refractivity contribution is 0.260. The van der Waals surface area contributed by atoms with Crippen molar-refractivity contribution in [2.45, 2.75) is 39.7 Å². The summed E-state index contributed by atoms with van der Waals surface area (Å²) < 4.78 is 0. The van der Waals surface area contributed by atoms with Crippen LogP contribution in [0.15, 0.2) is 18.6 Å². The fourth-order valence-corrected chi connectivity index (χ4v) is 3.98. The molecule has 1 N–H and O–H groups in total. The van der Waals surface area contributed by atoms with E-state index in [-0.39, 0.29) is 0 Å². The number of hydrogen-bond donors (Lipinski definition) is 1. The van der Waals surface area contributed by atoms with E-state index in [0.717, 1.165) is 30.1 Å². The van der Waals surface area contributed by atoms with Crippen LogP contribution >= 0.6 is 11.3 Å². The standard InChI is InChI=1S/C15H20N4S/c1-4-17-10-7-15(2,3)8-11-13(10)20-14(19-11)12-9-16-5-6-18-12/h5-6,9-10,17H,4,7-8H2,1-3H3. The van der Waals surface area contributed by atoms with Crippen molar-refractivity contribution in [3.05, 3.63) is 29.2 Å². The maximum Gasteiger partial charge on any atom is 0.144 e. The van der Waals surface area contributed by atoms with Gasteiger partial charge in [0.1, 0.15) is 10.7 Å². The van der Waals surface area contributed by atoms with Gasteiger partial charge in [-0.1, -0.05) is 20.8 Å². The first-order chi connectivity index (χ1) is 9.59. The van der Waals surface area contributed by atoms with Crippen molar-refractivity contribution in [2.24, 2.45) is 5.41 Å².